The van der Waals surface area contributed by atoms with Crippen LogP contribution in [-0.2, 0) is 6.42 Å². The summed E-state index contributed by atoms with van der Waals surface area (Å²) < 4.78 is 0. The van der Waals surface area contributed by atoms with Crippen molar-refractivity contribution in [2.24, 2.45) is 0 Å². The first-order valence-electron chi connectivity index (χ1n) is 6.31. The number of aryl methyl sites for hydroxylation is 3. The van der Waals surface area contributed by atoms with Crippen LogP contribution < -0.4 is 5.73 Å². The van der Waals surface area contributed by atoms with Gasteiger partial charge in [0.05, 0.1) is 0 Å². The van der Waals surface area contributed by atoms with Gasteiger partial charge in [-0.3, -0.25) is 0 Å². The molecule has 0 aliphatic heterocycles. The summed E-state index contributed by atoms with van der Waals surface area (Å²) in [6.45, 7) is 6.29. The van der Waals surface area contributed by atoms with Crippen LogP contribution in [0.3, 0.4) is 0 Å². The van der Waals surface area contributed by atoms with Crippen LogP contribution >= 0.6 is 0 Å². The molecule has 2 N–H and O–H groups in total. The molecule has 0 saturated heterocycles. The van der Waals surface area contributed by atoms with Crippen LogP contribution in [0.1, 0.15) is 30.2 Å². The number of aromatic nitrogens is 2. The Kier molecular flexibility index (Phi) is 3.60. The van der Waals surface area contributed by atoms with E-state index < -0.39 is 0 Å². The molecule has 0 unspecified atom stereocenters. The number of anilines is 1. The zero-order valence-electron chi connectivity index (χ0n) is 11.2. The largest absolute Gasteiger partial charge is 0.384 e. The number of nitrogens with two attached hydrogens (primary N) is 1. The highest BCUT2D eigenvalue weighted by Gasteiger charge is 2.07. The predicted molar refractivity (Wildman–Crippen MR) is 75.3 cm³/mol. The third kappa shape index (κ3) is 2.67. The van der Waals surface area contributed by atoms with Gasteiger partial charge in [-0.15, -0.1) is 0 Å². The Morgan fingerprint density at radius 2 is 1.89 bits per heavy atom. The van der Waals surface area contributed by atoms with Gasteiger partial charge in [0.15, 0.2) is 5.82 Å². The van der Waals surface area contributed by atoms with Gasteiger partial charge in [0.2, 0.25) is 0 Å². The normalized spacial score (nSPS) is 10.6. The molecule has 0 saturated carbocycles. The molecule has 0 radical (unpaired) electrons. The van der Waals surface area contributed by atoms with E-state index >= 15 is 0 Å². The second-order valence-corrected chi connectivity index (χ2v) is 4.68. The number of benzene rings is 1. The fourth-order valence-corrected chi connectivity index (χ4v) is 2.09. The van der Waals surface area contributed by atoms with E-state index in [1.165, 1.54) is 11.1 Å². The topological polar surface area (TPSA) is 51.8 Å². The first kappa shape index (κ1) is 12.6. The molecule has 0 atom stereocenters. The first-order valence-corrected chi connectivity index (χ1v) is 6.31. The summed E-state index contributed by atoms with van der Waals surface area (Å²) in [7, 11) is 0. The summed E-state index contributed by atoms with van der Waals surface area (Å²) in [4.78, 5) is 8.94. The molecule has 0 spiro atoms. The van der Waals surface area contributed by atoms with Crippen LogP contribution in [0.15, 0.2) is 24.3 Å². The van der Waals surface area contributed by atoms with Crippen LogP contribution in [0.4, 0.5) is 5.82 Å². The minimum Gasteiger partial charge on any atom is -0.384 e. The lowest BCUT2D eigenvalue weighted by molar-refractivity contribution is 0.876. The van der Waals surface area contributed by atoms with Crippen molar-refractivity contribution < 1.29 is 0 Å². The Labute approximate surface area is 108 Å². The van der Waals surface area contributed by atoms with Crippen molar-refractivity contribution in [3.05, 3.63) is 41.1 Å². The number of nitrogen functional groups attached to an aromatic ring is 1. The summed E-state index contributed by atoms with van der Waals surface area (Å²) >= 11 is 0. The van der Waals surface area contributed by atoms with Gasteiger partial charge in [0, 0.05) is 17.3 Å². The van der Waals surface area contributed by atoms with E-state index in [4.69, 9.17) is 5.73 Å². The van der Waals surface area contributed by atoms with E-state index in [1.54, 1.807) is 0 Å². The van der Waals surface area contributed by atoms with Gasteiger partial charge in [-0.25, -0.2) is 9.97 Å². The molecule has 2 rings (SSSR count). The van der Waals surface area contributed by atoms with Crippen LogP contribution in [0.5, 0.6) is 0 Å². The number of rotatable bonds is 3. The Hall–Kier alpha value is -1.90. The molecule has 0 amide bonds. The Morgan fingerprint density at radius 1 is 1.11 bits per heavy atom. The van der Waals surface area contributed by atoms with Gasteiger partial charge in [-0.1, -0.05) is 37.1 Å². The highest BCUT2D eigenvalue weighted by Crippen LogP contribution is 2.22. The van der Waals surface area contributed by atoms with Crippen molar-refractivity contribution in [3.8, 4) is 11.4 Å². The van der Waals surface area contributed by atoms with Gasteiger partial charge in [0.25, 0.3) is 0 Å². The standard InChI is InChI=1S/C15H19N3/c1-4-5-12-9-14(16)18-15(17-12)13-7-6-10(2)8-11(13)3/h6-9H,4-5H2,1-3H3,(H2,16,17,18). The molecule has 3 heteroatoms. The number of nitrogens with zero attached hydrogens (tertiary/aromatic N) is 2. The van der Waals surface area contributed by atoms with Crippen LogP contribution in [0.25, 0.3) is 11.4 Å². The van der Waals surface area contributed by atoms with E-state index in [0.717, 1.165) is 29.9 Å². The Balaban J connectivity index is 2.49. The molecule has 94 valence electrons. The lowest BCUT2D eigenvalue weighted by Gasteiger charge is -2.08. The summed E-state index contributed by atoms with van der Waals surface area (Å²) in [6, 6.07) is 8.14. The minimum absolute atomic E-state index is 0.545. The van der Waals surface area contributed by atoms with Crippen molar-refractivity contribution in [3.63, 3.8) is 0 Å². The fraction of sp³-hybridized carbons (Fsp3) is 0.333. The first-order chi connectivity index (χ1) is 8.60. The lowest BCUT2D eigenvalue weighted by atomic mass is 10.0. The number of hydrogen-bond acceptors (Lipinski definition) is 3. The highest BCUT2D eigenvalue weighted by molar-refractivity contribution is 5.62. The maximum absolute atomic E-state index is 5.86. The third-order valence-corrected chi connectivity index (χ3v) is 2.93. The van der Waals surface area contributed by atoms with Crippen molar-refractivity contribution in [1.29, 1.82) is 0 Å². The van der Waals surface area contributed by atoms with Crippen molar-refractivity contribution in [2.75, 3.05) is 5.73 Å². The maximum atomic E-state index is 5.86. The molecule has 1 heterocycles. The van der Waals surface area contributed by atoms with Gasteiger partial charge in [-0.2, -0.15) is 0 Å². The van der Waals surface area contributed by atoms with Gasteiger partial charge < -0.3 is 5.73 Å². The monoisotopic (exact) mass is 241 g/mol. The molecule has 3 nitrogen and oxygen atoms in total. The van der Waals surface area contributed by atoms with E-state index in [-0.39, 0.29) is 0 Å². The van der Waals surface area contributed by atoms with Crippen LogP contribution in [0, 0.1) is 13.8 Å². The van der Waals surface area contributed by atoms with E-state index in [0.29, 0.717) is 5.82 Å². The van der Waals surface area contributed by atoms with Crippen LogP contribution in [-0.4, -0.2) is 9.97 Å². The Bertz CT molecular complexity index is 562. The van der Waals surface area contributed by atoms with Crippen molar-refractivity contribution in [2.45, 2.75) is 33.6 Å². The summed E-state index contributed by atoms with van der Waals surface area (Å²) in [5, 5.41) is 0. The van der Waals surface area contributed by atoms with E-state index in [2.05, 4.69) is 48.9 Å². The smallest absolute Gasteiger partial charge is 0.162 e. The molecule has 0 fully saturated rings. The number of hydrogen-bond donors (Lipinski definition) is 1. The average molecular weight is 241 g/mol. The van der Waals surface area contributed by atoms with Crippen molar-refractivity contribution >= 4 is 5.82 Å². The molecule has 2 aromatic rings. The summed E-state index contributed by atoms with van der Waals surface area (Å²) in [5.74, 6) is 1.28. The molecule has 18 heavy (non-hydrogen) atoms. The fourth-order valence-electron chi connectivity index (χ4n) is 2.09. The molecular weight excluding hydrogens is 222 g/mol. The molecule has 0 aliphatic carbocycles. The lowest BCUT2D eigenvalue weighted by Crippen LogP contribution is -2.01. The Morgan fingerprint density at radius 3 is 2.56 bits per heavy atom. The molecule has 0 bridgehead atoms. The maximum Gasteiger partial charge on any atom is 0.162 e. The highest BCUT2D eigenvalue weighted by atomic mass is 14.9. The van der Waals surface area contributed by atoms with E-state index in [9.17, 15) is 0 Å². The van der Waals surface area contributed by atoms with E-state index in [1.807, 2.05) is 6.07 Å². The zero-order valence-corrected chi connectivity index (χ0v) is 11.2. The third-order valence-electron chi connectivity index (χ3n) is 2.93. The molecule has 1 aromatic carbocycles. The summed E-state index contributed by atoms with van der Waals surface area (Å²) in [5.41, 5.74) is 10.4. The molecule has 1 aromatic heterocycles. The van der Waals surface area contributed by atoms with Crippen LogP contribution in [0.2, 0.25) is 0 Å². The second-order valence-electron chi connectivity index (χ2n) is 4.68. The molecule has 0 aliphatic rings. The summed E-state index contributed by atoms with van der Waals surface area (Å²) in [6.07, 6.45) is 1.99. The van der Waals surface area contributed by atoms with Gasteiger partial charge in [0.1, 0.15) is 5.82 Å². The quantitative estimate of drug-likeness (QED) is 0.897. The average Bonchev–Trinajstić information content (AvgIpc) is 2.28. The SMILES string of the molecule is CCCc1cc(N)nc(-c2ccc(C)cc2C)n1. The van der Waals surface area contributed by atoms with Crippen molar-refractivity contribution in [1.82, 2.24) is 9.97 Å². The second kappa shape index (κ2) is 5.17. The minimum atomic E-state index is 0.545. The molecular formula is C15H19N3. The van der Waals surface area contributed by atoms with Gasteiger partial charge in [-0.05, 0) is 25.8 Å². The predicted octanol–water partition coefficient (Wildman–Crippen LogP) is 3.30. The van der Waals surface area contributed by atoms with Gasteiger partial charge >= 0.3 is 0 Å². The zero-order chi connectivity index (χ0) is 13.1.